The molecule has 2 rings (SSSR count). The van der Waals surface area contributed by atoms with E-state index in [4.69, 9.17) is 0 Å². The first-order chi connectivity index (χ1) is 9.49. The lowest BCUT2D eigenvalue weighted by Gasteiger charge is -2.12. The van der Waals surface area contributed by atoms with Gasteiger partial charge in [-0.3, -0.25) is 0 Å². The van der Waals surface area contributed by atoms with Crippen molar-refractivity contribution >= 4 is 45.9 Å². The van der Waals surface area contributed by atoms with Crippen LogP contribution in [0.5, 0.6) is 0 Å². The number of nitrogens with one attached hydrogen (secondary N) is 1. The highest BCUT2D eigenvalue weighted by Gasteiger charge is 2.18. The average molecular weight is 383 g/mol. The minimum atomic E-state index is -1.18. The van der Waals surface area contributed by atoms with E-state index in [-0.39, 0.29) is 16.8 Å². The van der Waals surface area contributed by atoms with Crippen LogP contribution in [0, 0.1) is 3.57 Å². The number of hydrogen-bond donors (Lipinski definition) is 3. The first-order valence-corrected chi connectivity index (χ1v) is 6.69. The van der Waals surface area contributed by atoms with Gasteiger partial charge in [-0.15, -0.1) is 0 Å². The number of carboxylic acid groups (broad SMARTS) is 2. The number of para-hydroxylation sites is 1. The number of halogens is 1. The molecule has 0 saturated carbocycles. The molecule has 5 nitrogen and oxygen atoms in total. The zero-order chi connectivity index (χ0) is 14.7. The third kappa shape index (κ3) is 3.08. The maximum atomic E-state index is 11.2. The lowest BCUT2D eigenvalue weighted by atomic mass is 10.1. The fraction of sp³-hybridized carbons (Fsp3) is 0. The predicted octanol–water partition coefficient (Wildman–Crippen LogP) is 3.43. The van der Waals surface area contributed by atoms with E-state index in [1.807, 2.05) is 6.07 Å². The zero-order valence-electron chi connectivity index (χ0n) is 10.1. The van der Waals surface area contributed by atoms with Crippen LogP contribution in [-0.4, -0.2) is 22.2 Å². The number of anilines is 2. The summed E-state index contributed by atoms with van der Waals surface area (Å²) < 4.78 is 0.956. The number of carbonyl (C=O) groups is 2. The minimum absolute atomic E-state index is 0.0782. The normalized spacial score (nSPS) is 10.1. The van der Waals surface area contributed by atoms with Gasteiger partial charge in [-0.05, 0) is 52.9 Å². The van der Waals surface area contributed by atoms with Crippen LogP contribution in [0.25, 0.3) is 0 Å². The minimum Gasteiger partial charge on any atom is -0.478 e. The molecule has 102 valence electrons. The Labute approximate surface area is 128 Å². The van der Waals surface area contributed by atoms with E-state index in [9.17, 15) is 19.8 Å². The second-order valence-electron chi connectivity index (χ2n) is 3.97. The van der Waals surface area contributed by atoms with Crippen molar-refractivity contribution in [2.75, 3.05) is 5.32 Å². The average Bonchev–Trinajstić information content (AvgIpc) is 2.38. The van der Waals surface area contributed by atoms with E-state index in [0.29, 0.717) is 5.69 Å². The van der Waals surface area contributed by atoms with E-state index in [2.05, 4.69) is 27.9 Å². The van der Waals surface area contributed by atoms with E-state index >= 15 is 0 Å². The Morgan fingerprint density at radius 1 is 0.950 bits per heavy atom. The molecule has 0 heterocycles. The summed E-state index contributed by atoms with van der Waals surface area (Å²) in [5.41, 5.74) is 0.551. The first-order valence-electron chi connectivity index (χ1n) is 5.61. The maximum Gasteiger partial charge on any atom is 0.337 e. The molecular weight excluding hydrogens is 373 g/mol. The molecule has 0 atom stereocenters. The summed E-state index contributed by atoms with van der Waals surface area (Å²) in [7, 11) is 0. The molecule has 0 aliphatic heterocycles. The van der Waals surface area contributed by atoms with Crippen molar-refractivity contribution in [3.63, 3.8) is 0 Å². The van der Waals surface area contributed by atoms with Crippen molar-refractivity contribution in [2.24, 2.45) is 0 Å². The number of hydrogen-bond acceptors (Lipinski definition) is 3. The molecule has 0 spiro atoms. The van der Waals surface area contributed by atoms with Crippen LogP contribution in [0.4, 0.5) is 11.4 Å². The number of aromatic carboxylic acids is 2. The molecule has 0 aliphatic rings. The number of carboxylic acids is 2. The molecule has 2 aromatic rings. The second-order valence-corrected chi connectivity index (χ2v) is 5.22. The van der Waals surface area contributed by atoms with Crippen LogP contribution in [0.2, 0.25) is 0 Å². The molecule has 0 aliphatic carbocycles. The lowest BCUT2D eigenvalue weighted by Crippen LogP contribution is -2.09. The Balaban J connectivity index is 2.53. The number of benzene rings is 2. The predicted molar refractivity (Wildman–Crippen MR) is 82.8 cm³/mol. The fourth-order valence-electron chi connectivity index (χ4n) is 1.75. The monoisotopic (exact) mass is 383 g/mol. The molecule has 0 fully saturated rings. The van der Waals surface area contributed by atoms with Crippen LogP contribution < -0.4 is 5.32 Å². The van der Waals surface area contributed by atoms with Crippen LogP contribution >= 0.6 is 22.6 Å². The largest absolute Gasteiger partial charge is 0.478 e. The third-order valence-corrected chi connectivity index (χ3v) is 3.29. The molecular formula is C14H10INO4. The Morgan fingerprint density at radius 3 is 2.00 bits per heavy atom. The Morgan fingerprint density at radius 2 is 1.50 bits per heavy atom. The summed E-state index contributed by atoms with van der Waals surface area (Å²) in [5.74, 6) is -2.36. The molecule has 20 heavy (non-hydrogen) atoms. The summed E-state index contributed by atoms with van der Waals surface area (Å²) >= 11 is 2.12. The van der Waals surface area contributed by atoms with Crippen molar-refractivity contribution in [3.05, 3.63) is 57.2 Å². The Kier molecular flexibility index (Phi) is 4.23. The van der Waals surface area contributed by atoms with Crippen molar-refractivity contribution in [1.82, 2.24) is 0 Å². The number of rotatable bonds is 4. The molecule has 0 saturated heterocycles. The molecule has 0 unspecified atom stereocenters. The summed E-state index contributed by atoms with van der Waals surface area (Å²) in [6.45, 7) is 0. The van der Waals surface area contributed by atoms with E-state index in [0.717, 1.165) is 3.57 Å². The molecule has 0 bridgehead atoms. The third-order valence-electron chi connectivity index (χ3n) is 2.62. The quantitative estimate of drug-likeness (QED) is 0.705. The fourth-order valence-corrected chi connectivity index (χ4v) is 2.30. The van der Waals surface area contributed by atoms with Gasteiger partial charge in [0.05, 0.1) is 16.8 Å². The highest BCUT2D eigenvalue weighted by atomic mass is 127. The topological polar surface area (TPSA) is 86.6 Å². The highest BCUT2D eigenvalue weighted by Crippen LogP contribution is 2.26. The van der Waals surface area contributed by atoms with E-state index in [1.54, 1.807) is 18.2 Å². The van der Waals surface area contributed by atoms with Crippen LogP contribution in [0.15, 0.2) is 42.5 Å². The van der Waals surface area contributed by atoms with Gasteiger partial charge in [0.25, 0.3) is 0 Å². The van der Waals surface area contributed by atoms with Gasteiger partial charge in [0, 0.05) is 9.26 Å². The van der Waals surface area contributed by atoms with Gasteiger partial charge in [0.2, 0.25) is 0 Å². The SMILES string of the molecule is O=C(O)c1cccc(C(=O)O)c1Nc1cccc(I)c1. The maximum absolute atomic E-state index is 11.2. The summed E-state index contributed by atoms with van der Waals surface area (Å²) in [6.07, 6.45) is 0. The Hall–Kier alpha value is -2.09. The van der Waals surface area contributed by atoms with Gasteiger partial charge in [0.15, 0.2) is 0 Å². The van der Waals surface area contributed by atoms with Crippen LogP contribution in [-0.2, 0) is 0 Å². The molecule has 0 amide bonds. The zero-order valence-corrected chi connectivity index (χ0v) is 12.3. The van der Waals surface area contributed by atoms with Crippen molar-refractivity contribution in [2.45, 2.75) is 0 Å². The molecule has 2 aromatic carbocycles. The summed E-state index contributed by atoms with van der Waals surface area (Å²) in [4.78, 5) is 22.4. The Bertz CT molecular complexity index is 652. The van der Waals surface area contributed by atoms with Gasteiger partial charge < -0.3 is 15.5 Å². The van der Waals surface area contributed by atoms with Crippen LogP contribution in [0.1, 0.15) is 20.7 Å². The van der Waals surface area contributed by atoms with Crippen LogP contribution in [0.3, 0.4) is 0 Å². The summed E-state index contributed by atoms with van der Waals surface area (Å²) in [6, 6.07) is 11.4. The standard InChI is InChI=1S/C14H10INO4/c15-8-3-1-4-9(7-8)16-12-10(13(17)18)5-2-6-11(12)14(19)20/h1-7,16H,(H,17,18)(H,19,20). The highest BCUT2D eigenvalue weighted by molar-refractivity contribution is 14.1. The van der Waals surface area contributed by atoms with Crippen molar-refractivity contribution < 1.29 is 19.8 Å². The first kappa shape index (κ1) is 14.3. The molecule has 0 aromatic heterocycles. The second kappa shape index (κ2) is 5.91. The van der Waals surface area contributed by atoms with Crippen molar-refractivity contribution in [1.29, 1.82) is 0 Å². The van der Waals surface area contributed by atoms with Gasteiger partial charge in [-0.25, -0.2) is 9.59 Å². The van der Waals surface area contributed by atoms with Gasteiger partial charge in [-0.1, -0.05) is 12.1 Å². The molecule has 0 radical (unpaired) electrons. The lowest BCUT2D eigenvalue weighted by molar-refractivity contribution is 0.0696. The van der Waals surface area contributed by atoms with Gasteiger partial charge in [0.1, 0.15) is 0 Å². The van der Waals surface area contributed by atoms with Gasteiger partial charge >= 0.3 is 11.9 Å². The van der Waals surface area contributed by atoms with E-state index < -0.39 is 11.9 Å². The smallest absolute Gasteiger partial charge is 0.337 e. The van der Waals surface area contributed by atoms with Gasteiger partial charge in [-0.2, -0.15) is 0 Å². The van der Waals surface area contributed by atoms with Crippen molar-refractivity contribution in [3.8, 4) is 0 Å². The van der Waals surface area contributed by atoms with E-state index in [1.165, 1.54) is 18.2 Å². The molecule has 3 N–H and O–H groups in total. The molecule has 6 heteroatoms. The summed E-state index contributed by atoms with van der Waals surface area (Å²) in [5, 5.41) is 21.2.